The highest BCUT2D eigenvalue weighted by Crippen LogP contribution is 2.33. The molecule has 0 saturated heterocycles. The van der Waals surface area contributed by atoms with Crippen molar-refractivity contribution < 1.29 is 18.3 Å². The van der Waals surface area contributed by atoms with Crippen molar-refractivity contribution >= 4 is 17.6 Å². The van der Waals surface area contributed by atoms with Crippen LogP contribution in [0.15, 0.2) is 55.0 Å². The fourth-order valence-electron chi connectivity index (χ4n) is 3.38. The van der Waals surface area contributed by atoms with Crippen LogP contribution in [-0.2, 0) is 16.0 Å². The van der Waals surface area contributed by atoms with E-state index in [9.17, 15) is 13.6 Å². The highest BCUT2D eigenvalue weighted by atomic mass is 35.5. The molecule has 162 valence electrons. The molecule has 0 spiro atoms. The molecule has 3 rings (SSSR count). The number of hydrogen-bond acceptors (Lipinski definition) is 4. The Balaban J connectivity index is 2.01. The van der Waals surface area contributed by atoms with Crippen molar-refractivity contribution in [3.05, 3.63) is 82.9 Å². The molecule has 0 aliphatic rings. The summed E-state index contributed by atoms with van der Waals surface area (Å²) < 4.78 is 33.0. The third kappa shape index (κ3) is 6.56. The molecule has 0 bridgehead atoms. The van der Waals surface area contributed by atoms with Crippen LogP contribution in [-0.4, -0.2) is 21.5 Å². The third-order valence-corrected chi connectivity index (χ3v) is 4.77. The van der Waals surface area contributed by atoms with E-state index in [1.165, 1.54) is 18.5 Å². The fraction of sp³-hybridized carbons (Fsp3) is 0.292. The first kappa shape index (κ1) is 22.8. The maximum atomic E-state index is 13.8. The molecule has 2 aromatic carbocycles. The van der Waals surface area contributed by atoms with Crippen LogP contribution >= 0.6 is 11.6 Å². The number of carbonyl (C=O) groups excluding carboxylic acids is 1. The summed E-state index contributed by atoms with van der Waals surface area (Å²) in [4.78, 5) is 21.2. The molecule has 0 radical (unpaired) electrons. The minimum Gasteiger partial charge on any atom is -0.460 e. The van der Waals surface area contributed by atoms with Crippen LogP contribution < -0.4 is 0 Å². The molecule has 7 heteroatoms. The Morgan fingerprint density at radius 2 is 1.74 bits per heavy atom. The number of aromatic nitrogens is 2. The largest absolute Gasteiger partial charge is 0.460 e. The molecular formula is C24H23ClF2N2O2. The molecule has 0 aliphatic carbocycles. The van der Waals surface area contributed by atoms with Crippen molar-refractivity contribution in [3.63, 3.8) is 0 Å². The van der Waals surface area contributed by atoms with Crippen molar-refractivity contribution in [2.75, 3.05) is 0 Å². The minimum atomic E-state index is -0.674. The zero-order valence-corrected chi connectivity index (χ0v) is 18.3. The van der Waals surface area contributed by atoms with Crippen LogP contribution in [0.2, 0.25) is 5.02 Å². The van der Waals surface area contributed by atoms with Gasteiger partial charge in [-0.05, 0) is 62.6 Å². The number of nitrogens with zero attached hydrogens (tertiary/aromatic N) is 2. The minimum absolute atomic E-state index is 0.00694. The van der Waals surface area contributed by atoms with E-state index in [1.807, 2.05) is 12.1 Å². The summed E-state index contributed by atoms with van der Waals surface area (Å²) in [6, 6.07) is 10.5. The summed E-state index contributed by atoms with van der Waals surface area (Å²) >= 11 is 6.01. The lowest BCUT2D eigenvalue weighted by Gasteiger charge is -2.23. The number of hydrogen-bond donors (Lipinski definition) is 0. The standard InChI is InChI=1S/C24H23ClF2N2O2/c1-24(2,3)31-22(30)11-17(8-15-9-19(26)12-20(27)10-15)23-21(13-28-14-29-23)16-4-6-18(25)7-5-16/h4-7,9-10,12-14,17H,8,11H2,1-3H3/t17-/m1/s1. The van der Waals surface area contributed by atoms with Gasteiger partial charge in [0.1, 0.15) is 23.6 Å². The van der Waals surface area contributed by atoms with E-state index in [0.29, 0.717) is 21.8 Å². The number of ether oxygens (including phenoxy) is 1. The van der Waals surface area contributed by atoms with Crippen LogP contribution in [0.3, 0.4) is 0 Å². The van der Waals surface area contributed by atoms with Gasteiger partial charge in [0, 0.05) is 28.8 Å². The Kier molecular flexibility index (Phi) is 7.01. The van der Waals surface area contributed by atoms with Crippen LogP contribution in [0, 0.1) is 11.6 Å². The van der Waals surface area contributed by atoms with E-state index in [0.717, 1.165) is 11.6 Å². The van der Waals surface area contributed by atoms with Gasteiger partial charge >= 0.3 is 5.97 Å². The first-order valence-corrected chi connectivity index (χ1v) is 10.2. The number of halogens is 3. The number of benzene rings is 2. The van der Waals surface area contributed by atoms with Gasteiger partial charge in [-0.3, -0.25) is 4.79 Å². The zero-order valence-electron chi connectivity index (χ0n) is 17.5. The second-order valence-electron chi connectivity index (χ2n) is 8.30. The normalized spacial score (nSPS) is 12.5. The first-order chi connectivity index (χ1) is 14.6. The average Bonchev–Trinajstić information content (AvgIpc) is 2.66. The van der Waals surface area contributed by atoms with Gasteiger partial charge in [-0.15, -0.1) is 0 Å². The van der Waals surface area contributed by atoms with Crippen molar-refractivity contribution in [2.24, 2.45) is 0 Å². The Hall–Kier alpha value is -2.86. The van der Waals surface area contributed by atoms with Crippen LogP contribution in [0.5, 0.6) is 0 Å². The van der Waals surface area contributed by atoms with Crippen molar-refractivity contribution in [1.82, 2.24) is 9.97 Å². The predicted octanol–water partition coefficient (Wildman–Crippen LogP) is 6.13. The van der Waals surface area contributed by atoms with Crippen molar-refractivity contribution in [1.29, 1.82) is 0 Å². The number of carbonyl (C=O) groups is 1. The van der Waals surface area contributed by atoms with E-state index in [2.05, 4.69) is 9.97 Å². The molecular weight excluding hydrogens is 422 g/mol. The van der Waals surface area contributed by atoms with Gasteiger partial charge in [0.15, 0.2) is 0 Å². The van der Waals surface area contributed by atoms with E-state index >= 15 is 0 Å². The highest BCUT2D eigenvalue weighted by molar-refractivity contribution is 6.30. The maximum Gasteiger partial charge on any atom is 0.306 e. The van der Waals surface area contributed by atoms with E-state index < -0.39 is 29.1 Å². The van der Waals surface area contributed by atoms with E-state index in [4.69, 9.17) is 16.3 Å². The molecule has 1 heterocycles. The molecule has 0 amide bonds. The van der Waals surface area contributed by atoms with E-state index in [-0.39, 0.29) is 12.8 Å². The molecule has 0 fully saturated rings. The van der Waals surface area contributed by atoms with Crippen molar-refractivity contribution in [2.45, 2.75) is 45.1 Å². The van der Waals surface area contributed by atoms with Crippen LogP contribution in [0.4, 0.5) is 8.78 Å². The van der Waals surface area contributed by atoms with Crippen molar-refractivity contribution in [3.8, 4) is 11.1 Å². The Morgan fingerprint density at radius 3 is 2.35 bits per heavy atom. The second-order valence-corrected chi connectivity index (χ2v) is 8.73. The molecule has 3 aromatic rings. The van der Waals surface area contributed by atoms with Gasteiger partial charge in [-0.2, -0.15) is 0 Å². The molecule has 0 saturated carbocycles. The highest BCUT2D eigenvalue weighted by Gasteiger charge is 2.25. The van der Waals surface area contributed by atoms with Gasteiger partial charge in [0.2, 0.25) is 0 Å². The van der Waals surface area contributed by atoms with E-state index in [1.54, 1.807) is 39.1 Å². The van der Waals surface area contributed by atoms with Gasteiger partial charge in [-0.1, -0.05) is 23.7 Å². The quantitative estimate of drug-likeness (QED) is 0.429. The second kappa shape index (κ2) is 9.52. The van der Waals surface area contributed by atoms with Gasteiger partial charge in [-0.25, -0.2) is 18.7 Å². The lowest BCUT2D eigenvalue weighted by Crippen LogP contribution is -2.25. The molecule has 4 nitrogen and oxygen atoms in total. The molecule has 31 heavy (non-hydrogen) atoms. The number of rotatable bonds is 6. The van der Waals surface area contributed by atoms with Crippen LogP contribution in [0.25, 0.3) is 11.1 Å². The fourth-order valence-corrected chi connectivity index (χ4v) is 3.51. The summed E-state index contributed by atoms with van der Waals surface area (Å²) in [5.41, 5.74) is 1.89. The van der Waals surface area contributed by atoms with Gasteiger partial charge in [0.05, 0.1) is 12.1 Å². The first-order valence-electron chi connectivity index (χ1n) is 9.83. The molecule has 1 aromatic heterocycles. The Labute approximate surface area is 185 Å². The number of esters is 1. The van der Waals surface area contributed by atoms with Gasteiger partial charge < -0.3 is 4.74 Å². The molecule has 0 aliphatic heterocycles. The summed E-state index contributed by atoms with van der Waals surface area (Å²) in [6.07, 6.45) is 3.24. The van der Waals surface area contributed by atoms with Gasteiger partial charge in [0.25, 0.3) is 0 Å². The lowest BCUT2D eigenvalue weighted by molar-refractivity contribution is -0.155. The molecule has 0 unspecified atom stereocenters. The smallest absolute Gasteiger partial charge is 0.306 e. The molecule has 1 atom stereocenters. The Morgan fingerprint density at radius 1 is 1.10 bits per heavy atom. The summed E-state index contributed by atoms with van der Waals surface area (Å²) in [7, 11) is 0. The zero-order chi connectivity index (χ0) is 22.6. The summed E-state index contributed by atoms with van der Waals surface area (Å²) in [5.74, 6) is -2.25. The average molecular weight is 445 g/mol. The predicted molar refractivity (Wildman–Crippen MR) is 116 cm³/mol. The molecule has 0 N–H and O–H groups in total. The summed E-state index contributed by atoms with van der Waals surface area (Å²) in [5, 5.41) is 0.586. The summed E-state index contributed by atoms with van der Waals surface area (Å²) in [6.45, 7) is 5.35. The third-order valence-electron chi connectivity index (χ3n) is 4.52. The Bertz CT molecular complexity index is 1050. The SMILES string of the molecule is CC(C)(C)OC(=O)C[C@@H](Cc1cc(F)cc(F)c1)c1ncncc1-c1ccc(Cl)cc1. The monoisotopic (exact) mass is 444 g/mol. The maximum absolute atomic E-state index is 13.8. The topological polar surface area (TPSA) is 52.1 Å². The lowest BCUT2D eigenvalue weighted by atomic mass is 9.88. The van der Waals surface area contributed by atoms with Crippen LogP contribution in [0.1, 0.15) is 44.4 Å².